The van der Waals surface area contributed by atoms with Gasteiger partial charge in [0.2, 0.25) is 4.96 Å². The molecule has 30 heavy (non-hydrogen) atoms. The molecule has 148 valence electrons. The topological polar surface area (TPSA) is 73.6 Å². The lowest BCUT2D eigenvalue weighted by atomic mass is 10.1. The Balaban J connectivity index is 1.55. The zero-order chi connectivity index (χ0) is 20.7. The number of aryl methyl sites for hydroxylation is 1. The van der Waals surface area contributed by atoms with E-state index in [1.54, 1.807) is 6.08 Å². The number of nitrogens with zero attached hydrogens (tertiary/aromatic N) is 3. The van der Waals surface area contributed by atoms with Crippen molar-refractivity contribution in [2.45, 2.75) is 13.3 Å². The van der Waals surface area contributed by atoms with Gasteiger partial charge in [0, 0.05) is 12.0 Å². The van der Waals surface area contributed by atoms with Crippen LogP contribution in [0, 0.1) is 6.92 Å². The van der Waals surface area contributed by atoms with E-state index in [2.05, 4.69) is 10.1 Å². The lowest BCUT2D eigenvalue weighted by molar-refractivity contribution is 0.352. The Morgan fingerprint density at radius 3 is 2.77 bits per heavy atom. The first kappa shape index (κ1) is 18.4. The summed E-state index contributed by atoms with van der Waals surface area (Å²) < 4.78 is 7.44. The van der Waals surface area contributed by atoms with E-state index < -0.39 is 5.56 Å². The number of hydrogen-bond acceptors (Lipinski definition) is 6. The van der Waals surface area contributed by atoms with Crippen molar-refractivity contribution in [3.63, 3.8) is 0 Å². The van der Waals surface area contributed by atoms with E-state index >= 15 is 0 Å². The summed E-state index contributed by atoms with van der Waals surface area (Å²) in [5.74, 6) is 0.822. The molecule has 4 aromatic rings. The van der Waals surface area contributed by atoms with Crippen molar-refractivity contribution in [1.82, 2.24) is 14.6 Å². The van der Waals surface area contributed by atoms with E-state index in [1.165, 1.54) is 4.52 Å². The third kappa shape index (κ3) is 3.44. The van der Waals surface area contributed by atoms with E-state index in [9.17, 15) is 9.59 Å². The Morgan fingerprint density at radius 1 is 1.13 bits per heavy atom. The van der Waals surface area contributed by atoms with Crippen LogP contribution >= 0.6 is 11.3 Å². The molecule has 0 saturated heterocycles. The molecule has 0 fully saturated rings. The van der Waals surface area contributed by atoms with Gasteiger partial charge >= 0.3 is 0 Å². The molecule has 3 heterocycles. The molecule has 7 heteroatoms. The molecule has 0 unspecified atom stereocenters. The van der Waals surface area contributed by atoms with E-state index in [4.69, 9.17) is 4.74 Å². The van der Waals surface area contributed by atoms with Gasteiger partial charge in [-0.2, -0.15) is 14.6 Å². The lowest BCUT2D eigenvalue weighted by Gasteiger charge is -2.15. The highest BCUT2D eigenvalue weighted by Crippen LogP contribution is 2.26. The molecule has 0 atom stereocenters. The Bertz CT molecular complexity index is 1470. The third-order valence-electron chi connectivity index (χ3n) is 4.91. The molecule has 0 spiro atoms. The molecule has 1 aliphatic rings. The minimum Gasteiger partial charge on any atom is -0.488 e. The van der Waals surface area contributed by atoms with Crippen molar-refractivity contribution >= 4 is 28.4 Å². The Morgan fingerprint density at radius 2 is 1.93 bits per heavy atom. The SMILES string of the molecule is Cc1ccc(Cc2nn3c(=O)c(=CC4=Cc5ccccc5OC4)sc3nc2=O)cc1. The summed E-state index contributed by atoms with van der Waals surface area (Å²) in [4.78, 5) is 29.7. The van der Waals surface area contributed by atoms with Crippen molar-refractivity contribution in [1.29, 1.82) is 0 Å². The zero-order valence-electron chi connectivity index (χ0n) is 16.2. The maximum absolute atomic E-state index is 12.9. The van der Waals surface area contributed by atoms with Gasteiger partial charge in [-0.25, -0.2) is 0 Å². The summed E-state index contributed by atoms with van der Waals surface area (Å²) in [6, 6.07) is 15.6. The molecule has 5 rings (SSSR count). The molecule has 0 bridgehead atoms. The molecular formula is C23H17N3O3S. The van der Waals surface area contributed by atoms with E-state index in [0.717, 1.165) is 39.3 Å². The van der Waals surface area contributed by atoms with Crippen LogP contribution in [0.3, 0.4) is 0 Å². The monoisotopic (exact) mass is 415 g/mol. The van der Waals surface area contributed by atoms with Crippen LogP contribution in [0.1, 0.15) is 22.4 Å². The number of para-hydroxylation sites is 1. The van der Waals surface area contributed by atoms with Crippen molar-refractivity contribution in [2.75, 3.05) is 6.61 Å². The van der Waals surface area contributed by atoms with Crippen LogP contribution in [0.15, 0.2) is 63.7 Å². The highest BCUT2D eigenvalue weighted by atomic mass is 32.1. The highest BCUT2D eigenvalue weighted by Gasteiger charge is 2.13. The summed E-state index contributed by atoms with van der Waals surface area (Å²) in [6.07, 6.45) is 4.11. The number of benzene rings is 2. The maximum atomic E-state index is 12.9. The van der Waals surface area contributed by atoms with Crippen LogP contribution in [-0.2, 0) is 6.42 Å². The fraction of sp³-hybridized carbons (Fsp3) is 0.130. The summed E-state index contributed by atoms with van der Waals surface area (Å²) in [7, 11) is 0. The fourth-order valence-electron chi connectivity index (χ4n) is 3.34. The number of fused-ring (bicyclic) bond motifs is 2. The van der Waals surface area contributed by atoms with Crippen LogP contribution in [0.2, 0.25) is 0 Å². The summed E-state index contributed by atoms with van der Waals surface area (Å²) in [5, 5.41) is 4.31. The van der Waals surface area contributed by atoms with E-state index in [1.807, 2.05) is 61.5 Å². The average Bonchev–Trinajstić information content (AvgIpc) is 3.04. The predicted octanol–water partition coefficient (Wildman–Crippen LogP) is 2.39. The quantitative estimate of drug-likeness (QED) is 0.514. The normalized spacial score (nSPS) is 13.8. The lowest BCUT2D eigenvalue weighted by Crippen LogP contribution is -2.28. The Labute approximate surface area is 175 Å². The van der Waals surface area contributed by atoms with Gasteiger partial charge in [0.15, 0.2) is 0 Å². The molecule has 0 aliphatic carbocycles. The molecule has 6 nitrogen and oxygen atoms in total. The first-order chi connectivity index (χ1) is 14.6. The van der Waals surface area contributed by atoms with Gasteiger partial charge < -0.3 is 4.74 Å². The van der Waals surface area contributed by atoms with Gasteiger partial charge in [-0.05, 0) is 36.3 Å². The second-order valence-corrected chi connectivity index (χ2v) is 8.19. The van der Waals surface area contributed by atoms with Crippen molar-refractivity contribution in [3.8, 4) is 5.75 Å². The van der Waals surface area contributed by atoms with Crippen LogP contribution in [0.4, 0.5) is 0 Å². The molecule has 2 aromatic heterocycles. The number of ether oxygens (including phenoxy) is 1. The molecular weight excluding hydrogens is 398 g/mol. The second kappa shape index (κ2) is 7.35. The van der Waals surface area contributed by atoms with Crippen LogP contribution < -0.4 is 20.4 Å². The summed E-state index contributed by atoms with van der Waals surface area (Å²) in [6.45, 7) is 2.38. The van der Waals surface area contributed by atoms with Gasteiger partial charge in [0.25, 0.3) is 11.1 Å². The number of hydrogen-bond donors (Lipinski definition) is 0. The van der Waals surface area contributed by atoms with Crippen molar-refractivity contribution in [3.05, 3.63) is 102 Å². The maximum Gasteiger partial charge on any atom is 0.296 e. The molecule has 0 N–H and O–H groups in total. The molecule has 2 aromatic carbocycles. The predicted molar refractivity (Wildman–Crippen MR) is 117 cm³/mol. The molecule has 0 radical (unpaired) electrons. The molecule has 0 saturated carbocycles. The van der Waals surface area contributed by atoms with Gasteiger partial charge in [-0.1, -0.05) is 59.4 Å². The van der Waals surface area contributed by atoms with Crippen LogP contribution in [-0.4, -0.2) is 21.2 Å². The van der Waals surface area contributed by atoms with Crippen LogP contribution in [0.25, 0.3) is 17.1 Å². The van der Waals surface area contributed by atoms with Crippen LogP contribution in [0.5, 0.6) is 5.75 Å². The van der Waals surface area contributed by atoms with E-state index in [-0.39, 0.29) is 11.3 Å². The second-order valence-electron chi connectivity index (χ2n) is 7.18. The minimum absolute atomic E-state index is 0.256. The average molecular weight is 415 g/mol. The first-order valence-corrected chi connectivity index (χ1v) is 10.3. The van der Waals surface area contributed by atoms with Gasteiger partial charge in [-0.15, -0.1) is 0 Å². The minimum atomic E-state index is -0.405. The Hall–Kier alpha value is -3.58. The Kier molecular flexibility index (Phi) is 4.52. The first-order valence-electron chi connectivity index (χ1n) is 9.49. The molecule has 1 aliphatic heterocycles. The number of rotatable bonds is 3. The largest absolute Gasteiger partial charge is 0.488 e. The van der Waals surface area contributed by atoms with E-state index in [0.29, 0.717) is 22.5 Å². The zero-order valence-corrected chi connectivity index (χ0v) is 17.0. The summed E-state index contributed by atoms with van der Waals surface area (Å²) >= 11 is 1.15. The van der Waals surface area contributed by atoms with Gasteiger partial charge in [-0.3, -0.25) is 9.59 Å². The van der Waals surface area contributed by atoms with Gasteiger partial charge in [0.1, 0.15) is 18.1 Å². The van der Waals surface area contributed by atoms with Gasteiger partial charge in [0.05, 0.1) is 4.53 Å². The standard InChI is InChI=1S/C23H17N3O3S/c1-14-6-8-15(9-7-14)11-18-21(27)24-23-26(25-18)22(28)20(30-23)12-16-10-17-4-2-3-5-19(17)29-13-16/h2-10,12H,11,13H2,1H3. The number of aromatic nitrogens is 3. The van der Waals surface area contributed by atoms with Crippen molar-refractivity contribution < 1.29 is 4.74 Å². The fourth-order valence-corrected chi connectivity index (χ4v) is 4.26. The molecule has 0 amide bonds. The number of thiazole rings is 1. The third-order valence-corrected chi connectivity index (χ3v) is 5.87. The summed E-state index contributed by atoms with van der Waals surface area (Å²) in [5.41, 5.74) is 3.50. The highest BCUT2D eigenvalue weighted by molar-refractivity contribution is 7.15. The smallest absolute Gasteiger partial charge is 0.296 e. The van der Waals surface area contributed by atoms with Crippen molar-refractivity contribution in [2.24, 2.45) is 0 Å².